The lowest BCUT2D eigenvalue weighted by Crippen LogP contribution is -1.86. The number of benzene rings is 2. The van der Waals surface area contributed by atoms with Crippen LogP contribution < -0.4 is 9.47 Å². The van der Waals surface area contributed by atoms with Gasteiger partial charge < -0.3 is 14.6 Å². The Morgan fingerprint density at radius 1 is 1.17 bits per heavy atom. The molecule has 0 atom stereocenters. The van der Waals surface area contributed by atoms with Crippen LogP contribution in [0, 0.1) is 0 Å². The highest BCUT2D eigenvalue weighted by molar-refractivity contribution is 9.11. The first-order chi connectivity index (χ1) is 11.6. The molecule has 1 N–H and O–H groups in total. The number of methoxy groups -OCH3 is 1. The summed E-state index contributed by atoms with van der Waals surface area (Å²) in [7, 11) is 1.64. The number of carbonyl (C=O) groups is 1. The molecule has 0 bridgehead atoms. The summed E-state index contributed by atoms with van der Waals surface area (Å²) >= 11 is 5.12. The molecule has 0 fully saturated rings. The summed E-state index contributed by atoms with van der Waals surface area (Å²) < 4.78 is 13.2. The molecule has 1 heterocycles. The van der Waals surface area contributed by atoms with Gasteiger partial charge in [0.25, 0.3) is 0 Å². The molecule has 3 aromatic rings. The van der Waals surface area contributed by atoms with Gasteiger partial charge in [0.1, 0.15) is 15.3 Å². The molecular formula is C18H13BrO4S. The molecular weight excluding hydrogens is 392 g/mol. The topological polar surface area (TPSA) is 55.8 Å². The molecule has 0 spiro atoms. The van der Waals surface area contributed by atoms with Crippen LogP contribution >= 0.6 is 27.3 Å². The van der Waals surface area contributed by atoms with E-state index in [0.29, 0.717) is 5.75 Å². The van der Waals surface area contributed by atoms with Crippen molar-refractivity contribution in [3.63, 3.8) is 0 Å². The van der Waals surface area contributed by atoms with Crippen LogP contribution in [-0.2, 0) is 4.79 Å². The fourth-order valence-electron chi connectivity index (χ4n) is 2.18. The number of hydrogen-bond acceptors (Lipinski definition) is 4. The van der Waals surface area contributed by atoms with E-state index in [9.17, 15) is 4.79 Å². The highest BCUT2D eigenvalue weighted by atomic mass is 79.9. The van der Waals surface area contributed by atoms with Crippen LogP contribution in [0.2, 0.25) is 0 Å². The number of hydrogen-bond donors (Lipinski definition) is 1. The summed E-state index contributed by atoms with van der Waals surface area (Å²) in [6.45, 7) is 0. The molecule has 3 rings (SSSR count). The molecule has 0 aliphatic rings. The van der Waals surface area contributed by atoms with E-state index in [2.05, 4.69) is 15.9 Å². The maximum absolute atomic E-state index is 10.5. The Hall–Kier alpha value is -2.31. The van der Waals surface area contributed by atoms with Crippen LogP contribution in [-0.4, -0.2) is 18.2 Å². The Morgan fingerprint density at radius 2 is 1.88 bits per heavy atom. The highest BCUT2D eigenvalue weighted by Crippen LogP contribution is 2.44. The molecule has 6 heteroatoms. The molecule has 0 saturated carbocycles. The average Bonchev–Trinajstić information content (AvgIpc) is 2.89. The number of carboxylic acid groups (broad SMARTS) is 1. The third-order valence-corrected chi connectivity index (χ3v) is 5.10. The van der Waals surface area contributed by atoms with Crippen molar-refractivity contribution in [2.24, 2.45) is 0 Å². The predicted molar refractivity (Wildman–Crippen MR) is 99.3 cm³/mol. The van der Waals surface area contributed by atoms with Crippen LogP contribution in [0.1, 0.15) is 5.56 Å². The van der Waals surface area contributed by atoms with Crippen molar-refractivity contribution in [2.45, 2.75) is 0 Å². The fraction of sp³-hybridized carbons (Fsp3) is 0.0556. The molecule has 0 amide bonds. The monoisotopic (exact) mass is 404 g/mol. The molecule has 1 aromatic heterocycles. The lowest BCUT2D eigenvalue weighted by Gasteiger charge is -2.06. The molecule has 2 aromatic carbocycles. The van der Waals surface area contributed by atoms with Crippen LogP contribution in [0.25, 0.3) is 16.2 Å². The Bertz CT molecular complexity index is 913. The molecule has 0 aliphatic heterocycles. The zero-order valence-electron chi connectivity index (χ0n) is 12.7. The van der Waals surface area contributed by atoms with Gasteiger partial charge in [-0.25, -0.2) is 4.79 Å². The smallest absolute Gasteiger partial charge is 0.328 e. The Kier molecular flexibility index (Phi) is 4.87. The first kappa shape index (κ1) is 16.5. The van der Waals surface area contributed by atoms with Gasteiger partial charge in [-0.15, -0.1) is 11.3 Å². The van der Waals surface area contributed by atoms with Crippen molar-refractivity contribution in [2.75, 3.05) is 7.11 Å². The molecule has 4 nitrogen and oxygen atoms in total. The van der Waals surface area contributed by atoms with Crippen LogP contribution in [0.3, 0.4) is 0 Å². The van der Waals surface area contributed by atoms with E-state index in [1.165, 1.54) is 6.08 Å². The van der Waals surface area contributed by atoms with Gasteiger partial charge in [-0.3, -0.25) is 0 Å². The third-order valence-electron chi connectivity index (χ3n) is 3.33. The van der Waals surface area contributed by atoms with Gasteiger partial charge in [0.05, 0.1) is 7.11 Å². The maximum atomic E-state index is 10.5. The summed E-state index contributed by atoms with van der Waals surface area (Å²) in [5.41, 5.74) is 0.795. The molecule has 24 heavy (non-hydrogen) atoms. The number of thiophene rings is 1. The number of aliphatic carboxylic acids is 1. The number of rotatable bonds is 5. The first-order valence-corrected chi connectivity index (χ1v) is 8.63. The van der Waals surface area contributed by atoms with Crippen molar-refractivity contribution in [3.8, 4) is 17.2 Å². The standard InChI is InChI=1S/C18H13BrO4S/c1-22-13-7-8-14-15(10-13)24-18(19)17(14)23-12-5-2-11(3-6-12)4-9-16(20)21/h2-10H,1H3,(H,20,21)/b9-4+. The van der Waals surface area contributed by atoms with Crippen molar-refractivity contribution in [1.29, 1.82) is 0 Å². The number of ether oxygens (including phenoxy) is 2. The third kappa shape index (κ3) is 3.60. The Labute approximate surface area is 151 Å². The maximum Gasteiger partial charge on any atom is 0.328 e. The zero-order valence-corrected chi connectivity index (χ0v) is 15.1. The van der Waals surface area contributed by atoms with E-state index < -0.39 is 5.97 Å². The number of halogens is 1. The highest BCUT2D eigenvalue weighted by Gasteiger charge is 2.13. The van der Waals surface area contributed by atoms with E-state index in [0.717, 1.165) is 37.0 Å². The summed E-state index contributed by atoms with van der Waals surface area (Å²) in [6.07, 6.45) is 2.64. The van der Waals surface area contributed by atoms with Gasteiger partial charge in [-0.05, 0) is 57.9 Å². The van der Waals surface area contributed by atoms with E-state index in [1.807, 2.05) is 18.2 Å². The van der Waals surface area contributed by atoms with Crippen LogP contribution in [0.5, 0.6) is 17.2 Å². The summed E-state index contributed by atoms with van der Waals surface area (Å²) in [4.78, 5) is 10.5. The van der Waals surface area contributed by atoms with E-state index in [1.54, 1.807) is 42.7 Å². The van der Waals surface area contributed by atoms with Crippen molar-refractivity contribution >= 4 is 49.4 Å². The quantitative estimate of drug-likeness (QED) is 0.565. The van der Waals surface area contributed by atoms with Gasteiger partial charge in [-0.2, -0.15) is 0 Å². The van der Waals surface area contributed by atoms with Crippen LogP contribution in [0.4, 0.5) is 0 Å². The van der Waals surface area contributed by atoms with E-state index >= 15 is 0 Å². The van der Waals surface area contributed by atoms with Gasteiger partial charge in [0.15, 0.2) is 5.75 Å². The second kappa shape index (κ2) is 7.07. The molecule has 0 radical (unpaired) electrons. The zero-order chi connectivity index (χ0) is 17.1. The lowest BCUT2D eigenvalue weighted by molar-refractivity contribution is -0.131. The van der Waals surface area contributed by atoms with E-state index in [-0.39, 0.29) is 0 Å². The number of carboxylic acids is 1. The first-order valence-electron chi connectivity index (χ1n) is 7.02. The molecule has 0 aliphatic carbocycles. The van der Waals surface area contributed by atoms with Crippen molar-refractivity contribution in [1.82, 2.24) is 0 Å². The predicted octanol–water partition coefficient (Wildman–Crippen LogP) is 5.56. The SMILES string of the molecule is COc1ccc2c(Oc3ccc(/C=C/C(=O)O)cc3)c(Br)sc2c1. The van der Waals surface area contributed by atoms with Crippen molar-refractivity contribution < 1.29 is 19.4 Å². The Morgan fingerprint density at radius 3 is 2.54 bits per heavy atom. The minimum atomic E-state index is -0.973. The fourth-order valence-corrected chi connectivity index (χ4v) is 3.88. The minimum Gasteiger partial charge on any atom is -0.497 e. The van der Waals surface area contributed by atoms with Gasteiger partial charge in [-0.1, -0.05) is 12.1 Å². The normalized spacial score (nSPS) is 11.1. The summed E-state index contributed by atoms with van der Waals surface area (Å²) in [5, 5.41) is 9.65. The van der Waals surface area contributed by atoms with Crippen molar-refractivity contribution in [3.05, 3.63) is 57.9 Å². The van der Waals surface area contributed by atoms with E-state index in [4.69, 9.17) is 14.6 Å². The number of fused-ring (bicyclic) bond motifs is 1. The minimum absolute atomic E-state index is 0.679. The molecule has 0 unspecified atom stereocenters. The second-order valence-electron chi connectivity index (χ2n) is 4.91. The largest absolute Gasteiger partial charge is 0.497 e. The van der Waals surface area contributed by atoms with Gasteiger partial charge in [0, 0.05) is 16.2 Å². The second-order valence-corrected chi connectivity index (χ2v) is 7.28. The summed E-state index contributed by atoms with van der Waals surface area (Å²) in [5.74, 6) is 1.27. The average molecular weight is 405 g/mol. The van der Waals surface area contributed by atoms with Gasteiger partial charge in [0.2, 0.25) is 0 Å². The summed E-state index contributed by atoms with van der Waals surface area (Å²) in [6, 6.07) is 13.1. The lowest BCUT2D eigenvalue weighted by atomic mass is 10.2. The van der Waals surface area contributed by atoms with Crippen LogP contribution in [0.15, 0.2) is 52.3 Å². The van der Waals surface area contributed by atoms with Gasteiger partial charge >= 0.3 is 5.97 Å². The molecule has 122 valence electrons. The Balaban J connectivity index is 1.87. The molecule has 0 saturated heterocycles.